The van der Waals surface area contributed by atoms with E-state index in [1.165, 1.54) is 6.92 Å². The van der Waals surface area contributed by atoms with Crippen molar-refractivity contribution in [2.75, 3.05) is 19.6 Å². The normalized spacial score (nSPS) is 18.1. The van der Waals surface area contributed by atoms with Crippen LogP contribution in [0.1, 0.15) is 56.0 Å². The third-order valence-electron chi connectivity index (χ3n) is 4.65. The van der Waals surface area contributed by atoms with Gasteiger partial charge in [-0.05, 0) is 63.1 Å². The molecule has 1 aromatic rings. The number of hydrogen-bond donors (Lipinski definition) is 2. The molecule has 2 amide bonds. The lowest BCUT2D eigenvalue weighted by Crippen LogP contribution is -2.43. The molecular weight excluding hydrogens is 316 g/mol. The number of benzene rings is 1. The van der Waals surface area contributed by atoms with Crippen LogP contribution in [0.4, 0.5) is 0 Å². The zero-order chi connectivity index (χ0) is 18.4. The Bertz CT molecular complexity index is 607. The van der Waals surface area contributed by atoms with Gasteiger partial charge in [-0.1, -0.05) is 12.1 Å². The molecule has 0 bridgehead atoms. The van der Waals surface area contributed by atoms with Crippen LogP contribution in [0, 0.1) is 5.92 Å². The molecule has 0 saturated carbocycles. The van der Waals surface area contributed by atoms with Crippen molar-refractivity contribution in [3.05, 3.63) is 35.4 Å². The number of piperidine rings is 1. The number of hydrogen-bond acceptors (Lipinski definition) is 3. The average Bonchev–Trinajstić information content (AvgIpc) is 2.57. The maximum absolute atomic E-state index is 12.8. The predicted molar refractivity (Wildman–Crippen MR) is 98.4 cm³/mol. The Morgan fingerprint density at radius 3 is 2.80 bits per heavy atom. The van der Waals surface area contributed by atoms with Gasteiger partial charge in [-0.2, -0.15) is 0 Å². The number of aliphatic hydroxyl groups is 1. The topological polar surface area (TPSA) is 69.6 Å². The summed E-state index contributed by atoms with van der Waals surface area (Å²) in [4.78, 5) is 25.8. The number of rotatable bonds is 6. The second-order valence-electron chi connectivity index (χ2n) is 7.71. The number of aryl methyl sites for hydroxylation is 1. The maximum Gasteiger partial charge on any atom is 0.253 e. The van der Waals surface area contributed by atoms with E-state index in [1.807, 2.05) is 29.2 Å². The quantitative estimate of drug-likeness (QED) is 0.831. The van der Waals surface area contributed by atoms with E-state index in [9.17, 15) is 14.7 Å². The molecule has 1 atom stereocenters. The molecule has 0 aromatic heterocycles. The fourth-order valence-electron chi connectivity index (χ4n) is 3.20. The molecule has 2 N–H and O–H groups in total. The zero-order valence-corrected chi connectivity index (χ0v) is 15.5. The van der Waals surface area contributed by atoms with Crippen LogP contribution >= 0.6 is 0 Å². The van der Waals surface area contributed by atoms with Crippen LogP contribution in [0.5, 0.6) is 0 Å². The van der Waals surface area contributed by atoms with Crippen molar-refractivity contribution in [3.8, 4) is 0 Å². The maximum atomic E-state index is 12.8. The predicted octanol–water partition coefficient (Wildman–Crippen LogP) is 2.38. The van der Waals surface area contributed by atoms with Gasteiger partial charge in [0.05, 0.1) is 5.60 Å². The van der Waals surface area contributed by atoms with E-state index in [0.717, 1.165) is 31.4 Å². The van der Waals surface area contributed by atoms with Crippen molar-refractivity contribution in [1.82, 2.24) is 10.2 Å². The number of amides is 2. The van der Waals surface area contributed by atoms with Crippen LogP contribution in [-0.2, 0) is 11.2 Å². The fourth-order valence-corrected chi connectivity index (χ4v) is 3.20. The summed E-state index contributed by atoms with van der Waals surface area (Å²) < 4.78 is 0. The average molecular weight is 346 g/mol. The van der Waals surface area contributed by atoms with E-state index in [-0.39, 0.29) is 11.8 Å². The third kappa shape index (κ3) is 6.50. The van der Waals surface area contributed by atoms with Gasteiger partial charge in [-0.15, -0.1) is 0 Å². The van der Waals surface area contributed by atoms with Crippen LogP contribution < -0.4 is 5.32 Å². The van der Waals surface area contributed by atoms with Gasteiger partial charge in [0.2, 0.25) is 5.91 Å². The molecule has 1 aliphatic rings. The van der Waals surface area contributed by atoms with Crippen molar-refractivity contribution < 1.29 is 14.7 Å². The summed E-state index contributed by atoms with van der Waals surface area (Å²) in [6.07, 6.45) is 3.41. The number of nitrogens with one attached hydrogen (secondary N) is 1. The Morgan fingerprint density at radius 2 is 2.12 bits per heavy atom. The highest BCUT2D eigenvalue weighted by Gasteiger charge is 2.24. The first kappa shape index (κ1) is 19.4. The molecule has 1 aliphatic heterocycles. The zero-order valence-electron chi connectivity index (χ0n) is 15.5. The number of nitrogens with zero attached hydrogens (tertiary/aromatic N) is 1. The smallest absolute Gasteiger partial charge is 0.253 e. The summed E-state index contributed by atoms with van der Waals surface area (Å²) in [5, 5.41) is 12.7. The highest BCUT2D eigenvalue weighted by atomic mass is 16.3. The lowest BCUT2D eigenvalue weighted by molar-refractivity contribution is -0.119. The minimum Gasteiger partial charge on any atom is -0.390 e. The van der Waals surface area contributed by atoms with Gasteiger partial charge in [0.1, 0.15) is 0 Å². The van der Waals surface area contributed by atoms with E-state index in [0.29, 0.717) is 31.0 Å². The highest BCUT2D eigenvalue weighted by Crippen LogP contribution is 2.20. The molecular formula is C20H30N2O3. The van der Waals surface area contributed by atoms with E-state index >= 15 is 0 Å². The van der Waals surface area contributed by atoms with Crippen LogP contribution in [0.2, 0.25) is 0 Å². The Balaban J connectivity index is 1.98. The fraction of sp³-hybridized carbons (Fsp3) is 0.600. The Kier molecular flexibility index (Phi) is 6.59. The minimum atomic E-state index is -0.705. The number of likely N-dealkylation sites (tertiary alicyclic amines) is 1. The lowest BCUT2D eigenvalue weighted by atomic mass is 9.96. The van der Waals surface area contributed by atoms with Crippen LogP contribution in [-0.4, -0.2) is 47.1 Å². The van der Waals surface area contributed by atoms with Crippen molar-refractivity contribution >= 4 is 11.8 Å². The Hall–Kier alpha value is -1.88. The second kappa shape index (κ2) is 8.48. The summed E-state index contributed by atoms with van der Waals surface area (Å²) in [6, 6.07) is 7.70. The van der Waals surface area contributed by atoms with E-state index < -0.39 is 5.60 Å². The molecule has 25 heavy (non-hydrogen) atoms. The van der Waals surface area contributed by atoms with Gasteiger partial charge < -0.3 is 15.3 Å². The first-order chi connectivity index (χ1) is 11.7. The number of carbonyl (C=O) groups is 2. The van der Waals surface area contributed by atoms with Crippen molar-refractivity contribution in [3.63, 3.8) is 0 Å². The molecule has 1 saturated heterocycles. The molecule has 5 heteroatoms. The molecule has 0 unspecified atom stereocenters. The summed E-state index contributed by atoms with van der Waals surface area (Å²) in [5.74, 6) is 0.348. The first-order valence-electron chi connectivity index (χ1n) is 9.09. The van der Waals surface area contributed by atoms with Gasteiger partial charge in [-0.3, -0.25) is 9.59 Å². The monoisotopic (exact) mass is 346 g/mol. The molecule has 0 aliphatic carbocycles. The van der Waals surface area contributed by atoms with Gasteiger partial charge in [0.15, 0.2) is 0 Å². The first-order valence-corrected chi connectivity index (χ1v) is 9.09. The van der Waals surface area contributed by atoms with Crippen molar-refractivity contribution in [2.45, 2.75) is 52.1 Å². The van der Waals surface area contributed by atoms with Gasteiger partial charge in [0, 0.05) is 32.1 Å². The minimum absolute atomic E-state index is 0.0250. The van der Waals surface area contributed by atoms with E-state index in [4.69, 9.17) is 0 Å². The Morgan fingerprint density at radius 1 is 1.36 bits per heavy atom. The largest absolute Gasteiger partial charge is 0.390 e. The standard InChI is InChI=1S/C20H30N2O3/c1-15(23)21-13-17-7-5-11-22(14-17)19(24)18-8-4-6-16(12-18)9-10-20(2,3)25/h4,6,8,12,17,25H,5,7,9-11,13-14H2,1-3H3,(H,21,23)/t17-/m1/s1. The molecule has 5 nitrogen and oxygen atoms in total. The molecule has 0 radical (unpaired) electrons. The van der Waals surface area contributed by atoms with E-state index in [2.05, 4.69) is 5.32 Å². The summed E-state index contributed by atoms with van der Waals surface area (Å²) >= 11 is 0. The van der Waals surface area contributed by atoms with Crippen LogP contribution in [0.3, 0.4) is 0 Å². The summed E-state index contributed by atoms with van der Waals surface area (Å²) in [6.45, 7) is 7.20. The SMILES string of the molecule is CC(=O)NC[C@H]1CCCN(C(=O)c2cccc(CCC(C)(C)O)c2)C1. The molecule has 0 spiro atoms. The van der Waals surface area contributed by atoms with Crippen molar-refractivity contribution in [1.29, 1.82) is 0 Å². The van der Waals surface area contributed by atoms with Crippen molar-refractivity contribution in [2.24, 2.45) is 5.92 Å². The molecule has 2 rings (SSSR count). The molecule has 138 valence electrons. The number of carbonyl (C=O) groups excluding carboxylic acids is 2. The summed E-state index contributed by atoms with van der Waals surface area (Å²) in [7, 11) is 0. The van der Waals surface area contributed by atoms with Gasteiger partial charge in [0.25, 0.3) is 5.91 Å². The molecule has 1 heterocycles. The van der Waals surface area contributed by atoms with E-state index in [1.54, 1.807) is 13.8 Å². The second-order valence-corrected chi connectivity index (χ2v) is 7.71. The Labute approximate surface area is 150 Å². The third-order valence-corrected chi connectivity index (χ3v) is 4.65. The molecule has 1 fully saturated rings. The molecule has 1 aromatic carbocycles. The van der Waals surface area contributed by atoms with Gasteiger partial charge >= 0.3 is 0 Å². The summed E-state index contributed by atoms with van der Waals surface area (Å²) in [5.41, 5.74) is 1.07. The van der Waals surface area contributed by atoms with Crippen LogP contribution in [0.25, 0.3) is 0 Å². The lowest BCUT2D eigenvalue weighted by Gasteiger charge is -2.33. The van der Waals surface area contributed by atoms with Gasteiger partial charge in [-0.25, -0.2) is 0 Å². The highest BCUT2D eigenvalue weighted by molar-refractivity contribution is 5.94. The van der Waals surface area contributed by atoms with Crippen LogP contribution in [0.15, 0.2) is 24.3 Å².